The Hall–Kier alpha value is -2.28. The molecule has 2 fully saturated rings. The van der Waals surface area contributed by atoms with E-state index in [2.05, 4.69) is 36.1 Å². The van der Waals surface area contributed by atoms with Gasteiger partial charge in [0.05, 0.1) is 6.17 Å². The summed E-state index contributed by atoms with van der Waals surface area (Å²) < 4.78 is 5.06. The summed E-state index contributed by atoms with van der Waals surface area (Å²) in [5, 5.41) is 2.74. The third kappa shape index (κ3) is 3.45. The van der Waals surface area contributed by atoms with E-state index in [0.717, 1.165) is 38.6 Å². The average molecular weight is 401 g/mol. The predicted molar refractivity (Wildman–Crippen MR) is 113 cm³/mol. The number of nitrogens with one attached hydrogen (secondary N) is 1. The van der Waals surface area contributed by atoms with Crippen molar-refractivity contribution in [2.45, 2.75) is 63.1 Å². The molecule has 1 N–H and O–H groups in total. The Bertz CT molecular complexity index is 807. The van der Waals surface area contributed by atoms with Crippen molar-refractivity contribution < 1.29 is 14.3 Å². The number of nitrogens with zero attached hydrogens (tertiary/aromatic N) is 3. The molecule has 0 unspecified atom stereocenters. The minimum absolute atomic E-state index is 0.0252. The van der Waals surface area contributed by atoms with Crippen LogP contribution in [0, 0.1) is 0 Å². The summed E-state index contributed by atoms with van der Waals surface area (Å²) in [5.74, 6) is 0. The minimum Gasteiger partial charge on any atom is -0.359 e. The van der Waals surface area contributed by atoms with Crippen LogP contribution in [0.4, 0.5) is 21.0 Å². The van der Waals surface area contributed by atoms with Crippen molar-refractivity contribution >= 4 is 23.6 Å². The maximum atomic E-state index is 12.3. The fourth-order valence-corrected chi connectivity index (χ4v) is 5.57. The molecule has 2 atom stereocenters. The Morgan fingerprint density at radius 3 is 2.66 bits per heavy atom. The second-order valence-electron chi connectivity index (χ2n) is 9.05. The molecule has 2 amide bonds. The number of hydrogen-bond donors (Lipinski definition) is 1. The predicted octanol–water partition coefficient (Wildman–Crippen LogP) is 3.99. The van der Waals surface area contributed by atoms with E-state index in [1.54, 1.807) is 11.9 Å². The zero-order valence-corrected chi connectivity index (χ0v) is 17.9. The maximum absolute atomic E-state index is 12.3. The molecule has 0 aromatic heterocycles. The zero-order chi connectivity index (χ0) is 20.8. The molecule has 0 bridgehead atoms. The molecule has 7 heteroatoms. The van der Waals surface area contributed by atoms with E-state index < -0.39 is 12.2 Å². The van der Waals surface area contributed by atoms with Crippen molar-refractivity contribution in [2.24, 2.45) is 0 Å². The van der Waals surface area contributed by atoms with Crippen LogP contribution >= 0.6 is 0 Å². The quantitative estimate of drug-likeness (QED) is 0.761. The molecule has 1 aliphatic carbocycles. The van der Waals surface area contributed by atoms with Crippen LogP contribution in [0.5, 0.6) is 0 Å². The molecule has 29 heavy (non-hydrogen) atoms. The molecule has 2 aliphatic heterocycles. The van der Waals surface area contributed by atoms with Gasteiger partial charge in [-0.05, 0) is 50.1 Å². The summed E-state index contributed by atoms with van der Waals surface area (Å²) >= 11 is 0. The Morgan fingerprint density at radius 1 is 1.21 bits per heavy atom. The van der Waals surface area contributed by atoms with Crippen LogP contribution in [0.15, 0.2) is 18.2 Å². The van der Waals surface area contributed by atoms with Crippen molar-refractivity contribution in [3.05, 3.63) is 23.8 Å². The third-order valence-electron chi connectivity index (χ3n) is 7.17. The van der Waals surface area contributed by atoms with Gasteiger partial charge in [-0.25, -0.2) is 9.59 Å². The molecular weight excluding hydrogens is 368 g/mol. The largest absolute Gasteiger partial charge is 0.420 e. The van der Waals surface area contributed by atoms with E-state index in [-0.39, 0.29) is 11.5 Å². The average Bonchev–Trinajstić information content (AvgIpc) is 3.13. The number of likely N-dealkylation sites (N-methyl/N-ethyl adjacent to an activating group) is 2. The Morgan fingerprint density at radius 2 is 1.93 bits per heavy atom. The topological polar surface area (TPSA) is 65.1 Å². The van der Waals surface area contributed by atoms with Gasteiger partial charge in [0.25, 0.3) is 0 Å². The fourth-order valence-electron chi connectivity index (χ4n) is 5.57. The Kier molecular flexibility index (Phi) is 5.19. The molecule has 4 rings (SSSR count). The lowest BCUT2D eigenvalue weighted by atomic mass is 9.81. The first-order valence-corrected chi connectivity index (χ1v) is 10.6. The van der Waals surface area contributed by atoms with Gasteiger partial charge < -0.3 is 14.5 Å². The van der Waals surface area contributed by atoms with Gasteiger partial charge in [-0.1, -0.05) is 26.2 Å². The van der Waals surface area contributed by atoms with Crippen LogP contribution in [0.1, 0.15) is 51.0 Å². The lowest BCUT2D eigenvalue weighted by Crippen LogP contribution is -2.45. The van der Waals surface area contributed by atoms with Gasteiger partial charge in [-0.3, -0.25) is 10.2 Å². The van der Waals surface area contributed by atoms with Gasteiger partial charge in [-0.2, -0.15) is 0 Å². The Labute approximate surface area is 173 Å². The number of fused-ring (bicyclic) bond motifs is 3. The molecule has 0 spiro atoms. The first kappa shape index (κ1) is 20.0. The minimum atomic E-state index is -0.728. The molecule has 2 heterocycles. The normalized spacial score (nSPS) is 26.8. The number of benzene rings is 1. The zero-order valence-electron chi connectivity index (χ0n) is 17.9. The van der Waals surface area contributed by atoms with Crippen LogP contribution in [-0.4, -0.2) is 61.9 Å². The highest BCUT2D eigenvalue weighted by Crippen LogP contribution is 2.51. The van der Waals surface area contributed by atoms with Crippen molar-refractivity contribution in [1.29, 1.82) is 0 Å². The van der Waals surface area contributed by atoms with Crippen molar-refractivity contribution in [3.63, 3.8) is 0 Å². The van der Waals surface area contributed by atoms with Crippen LogP contribution in [-0.2, 0) is 10.2 Å². The molecular formula is C22H32N4O3. The first-order valence-electron chi connectivity index (χ1n) is 10.6. The molecule has 3 aliphatic rings. The van der Waals surface area contributed by atoms with Crippen LogP contribution in [0.3, 0.4) is 0 Å². The van der Waals surface area contributed by atoms with Gasteiger partial charge in [0.15, 0.2) is 0 Å². The highest BCUT2D eigenvalue weighted by molar-refractivity contribution is 5.93. The summed E-state index contributed by atoms with van der Waals surface area (Å²) in [4.78, 5) is 30.9. The monoisotopic (exact) mass is 400 g/mol. The van der Waals surface area contributed by atoms with Crippen LogP contribution in [0.2, 0.25) is 0 Å². The summed E-state index contributed by atoms with van der Waals surface area (Å²) in [6.07, 6.45) is 5.48. The molecule has 7 nitrogen and oxygen atoms in total. The van der Waals surface area contributed by atoms with Gasteiger partial charge in [-0.15, -0.1) is 0 Å². The highest BCUT2D eigenvalue weighted by Gasteiger charge is 2.52. The van der Waals surface area contributed by atoms with E-state index in [4.69, 9.17) is 4.74 Å². The summed E-state index contributed by atoms with van der Waals surface area (Å²) in [5.41, 5.74) is 3.11. The van der Waals surface area contributed by atoms with Gasteiger partial charge in [0, 0.05) is 43.5 Å². The van der Waals surface area contributed by atoms with Crippen LogP contribution < -0.4 is 10.2 Å². The SMILES string of the molecule is CN(C(=O)OC(=O)Nc1ccc2c(c1)[C@]1(C)CCN(C)[C@H]1N2C)C1CCCCC1. The summed E-state index contributed by atoms with van der Waals surface area (Å²) in [6, 6.07) is 6.10. The Balaban J connectivity index is 1.42. The number of ether oxygens (including phenoxy) is 1. The standard InChI is InChI=1S/C22H32N4O3/c1-22-12-13-24(2)19(22)26(4)18-11-10-15(14-17(18)22)23-20(27)29-21(28)25(3)16-8-6-5-7-9-16/h10-11,14,16,19H,5-9,12-13H2,1-4H3,(H,23,27)/t19-,22-/m0/s1. The molecule has 1 aromatic carbocycles. The maximum Gasteiger partial charge on any atom is 0.420 e. The lowest BCUT2D eigenvalue weighted by molar-refractivity contribution is 0.110. The lowest BCUT2D eigenvalue weighted by Gasteiger charge is -2.32. The number of anilines is 2. The summed E-state index contributed by atoms with van der Waals surface area (Å²) in [7, 11) is 6.00. The van der Waals surface area contributed by atoms with E-state index in [9.17, 15) is 9.59 Å². The van der Waals surface area contributed by atoms with E-state index >= 15 is 0 Å². The number of carbonyl (C=O) groups excluding carboxylic acids is 2. The molecule has 1 saturated carbocycles. The van der Waals surface area contributed by atoms with Crippen molar-refractivity contribution in [1.82, 2.24) is 9.80 Å². The number of amides is 2. The summed E-state index contributed by atoms with van der Waals surface area (Å²) in [6.45, 7) is 3.33. The molecule has 0 radical (unpaired) electrons. The number of rotatable bonds is 2. The first-order chi connectivity index (χ1) is 13.8. The molecule has 1 aromatic rings. The number of carbonyl (C=O) groups is 2. The second kappa shape index (κ2) is 7.52. The smallest absolute Gasteiger partial charge is 0.359 e. The highest BCUT2D eigenvalue weighted by atomic mass is 16.6. The molecule has 158 valence electrons. The van der Waals surface area contributed by atoms with Crippen molar-refractivity contribution in [2.75, 3.05) is 37.9 Å². The number of likely N-dealkylation sites (tertiary alicyclic amines) is 1. The van der Waals surface area contributed by atoms with E-state index in [1.165, 1.54) is 17.7 Å². The van der Waals surface area contributed by atoms with Gasteiger partial charge in [0.2, 0.25) is 0 Å². The second-order valence-corrected chi connectivity index (χ2v) is 9.05. The molecule has 1 saturated heterocycles. The van der Waals surface area contributed by atoms with Gasteiger partial charge >= 0.3 is 12.2 Å². The van der Waals surface area contributed by atoms with Crippen LogP contribution in [0.25, 0.3) is 0 Å². The fraction of sp³-hybridized carbons (Fsp3) is 0.636. The van der Waals surface area contributed by atoms with E-state index in [0.29, 0.717) is 11.9 Å². The van der Waals surface area contributed by atoms with Crippen molar-refractivity contribution in [3.8, 4) is 0 Å². The number of hydrogen-bond acceptors (Lipinski definition) is 5. The van der Waals surface area contributed by atoms with Gasteiger partial charge in [0.1, 0.15) is 0 Å². The third-order valence-corrected chi connectivity index (χ3v) is 7.17. The van der Waals surface area contributed by atoms with E-state index in [1.807, 2.05) is 18.2 Å².